The van der Waals surface area contributed by atoms with Gasteiger partial charge in [0, 0.05) is 23.7 Å². The van der Waals surface area contributed by atoms with Gasteiger partial charge in [0.1, 0.15) is 23.8 Å². The van der Waals surface area contributed by atoms with Crippen LogP contribution in [0.1, 0.15) is 29.9 Å². The second-order valence-corrected chi connectivity index (χ2v) is 9.89. The number of carbonyl (C=O) groups is 1. The van der Waals surface area contributed by atoms with Crippen molar-refractivity contribution < 1.29 is 32.2 Å². The van der Waals surface area contributed by atoms with E-state index in [0.29, 0.717) is 23.4 Å². The zero-order valence-corrected chi connectivity index (χ0v) is 18.3. The van der Waals surface area contributed by atoms with Crippen LogP contribution >= 0.6 is 0 Å². The highest BCUT2D eigenvalue weighted by atomic mass is 32.2. The summed E-state index contributed by atoms with van der Waals surface area (Å²) in [5.74, 6) is -0.162. The summed E-state index contributed by atoms with van der Waals surface area (Å²) in [6, 6.07) is 11.0. The highest BCUT2D eigenvalue weighted by Gasteiger charge is 2.46. The predicted molar refractivity (Wildman–Crippen MR) is 115 cm³/mol. The van der Waals surface area contributed by atoms with E-state index in [-0.39, 0.29) is 37.2 Å². The number of aliphatic hydroxyl groups is 1. The van der Waals surface area contributed by atoms with Gasteiger partial charge in [-0.25, -0.2) is 12.8 Å². The van der Waals surface area contributed by atoms with E-state index in [4.69, 9.17) is 9.47 Å². The van der Waals surface area contributed by atoms with E-state index < -0.39 is 28.3 Å². The molecule has 0 aromatic heterocycles. The monoisotopic (exact) mass is 464 g/mol. The number of sulfonamides is 1. The minimum absolute atomic E-state index is 0.0750. The molecular weight excluding hydrogens is 439 g/mol. The highest BCUT2D eigenvalue weighted by Crippen LogP contribution is 2.47. The van der Waals surface area contributed by atoms with Crippen LogP contribution in [-0.2, 0) is 26.1 Å². The third kappa shape index (κ3) is 5.20. The molecule has 0 bridgehead atoms. The Kier molecular flexibility index (Phi) is 6.36. The summed E-state index contributed by atoms with van der Waals surface area (Å²) < 4.78 is 50.8. The van der Waals surface area contributed by atoms with Gasteiger partial charge in [-0.05, 0) is 42.3 Å². The van der Waals surface area contributed by atoms with Crippen LogP contribution in [0.3, 0.4) is 0 Å². The molecule has 0 spiro atoms. The molecule has 2 aliphatic rings. The average molecular weight is 465 g/mol. The Bertz CT molecular complexity index is 1110. The number of carbonyl (C=O) groups excluding carboxylic acids is 1. The van der Waals surface area contributed by atoms with Gasteiger partial charge in [-0.2, -0.15) is 0 Å². The van der Waals surface area contributed by atoms with Crippen molar-refractivity contribution in [3.05, 3.63) is 59.4 Å². The van der Waals surface area contributed by atoms with Gasteiger partial charge >= 0.3 is 0 Å². The quantitative estimate of drug-likeness (QED) is 0.577. The van der Waals surface area contributed by atoms with Crippen LogP contribution in [0.25, 0.3) is 0 Å². The largest absolute Gasteiger partial charge is 0.487 e. The molecule has 10 heteroatoms. The van der Waals surface area contributed by atoms with Crippen molar-refractivity contribution in [2.75, 3.05) is 17.6 Å². The lowest BCUT2D eigenvalue weighted by Crippen LogP contribution is -2.47. The molecule has 0 aliphatic carbocycles. The van der Waals surface area contributed by atoms with Crippen LogP contribution in [0.5, 0.6) is 5.75 Å². The molecule has 0 saturated carbocycles. The van der Waals surface area contributed by atoms with Gasteiger partial charge in [0.05, 0.1) is 25.4 Å². The highest BCUT2D eigenvalue weighted by molar-refractivity contribution is 7.92. The maximum absolute atomic E-state index is 13.3. The van der Waals surface area contributed by atoms with Crippen LogP contribution in [-0.4, -0.2) is 50.6 Å². The molecule has 1 saturated heterocycles. The zero-order chi connectivity index (χ0) is 22.9. The lowest BCUT2D eigenvalue weighted by atomic mass is 9.84. The summed E-state index contributed by atoms with van der Waals surface area (Å²) in [5, 5.41) is 12.6. The first kappa shape index (κ1) is 22.5. The number of hydrogen-bond donors (Lipinski definition) is 3. The molecule has 4 atom stereocenters. The molecule has 172 valence electrons. The van der Waals surface area contributed by atoms with E-state index in [1.165, 1.54) is 12.1 Å². The van der Waals surface area contributed by atoms with Crippen molar-refractivity contribution in [2.45, 2.75) is 43.6 Å². The van der Waals surface area contributed by atoms with Crippen molar-refractivity contribution in [1.29, 1.82) is 0 Å². The van der Waals surface area contributed by atoms with Gasteiger partial charge in [0.2, 0.25) is 15.9 Å². The van der Waals surface area contributed by atoms with Crippen LogP contribution in [0.4, 0.5) is 10.1 Å². The van der Waals surface area contributed by atoms with E-state index >= 15 is 0 Å². The topological polar surface area (TPSA) is 114 Å². The smallest absolute Gasteiger partial charge is 0.229 e. The number of anilines is 1. The summed E-state index contributed by atoms with van der Waals surface area (Å²) in [7, 11) is -3.43. The van der Waals surface area contributed by atoms with Gasteiger partial charge in [0.25, 0.3) is 0 Å². The third-order valence-electron chi connectivity index (χ3n) is 5.59. The average Bonchev–Trinajstić information content (AvgIpc) is 3.08. The van der Waals surface area contributed by atoms with Crippen molar-refractivity contribution >= 4 is 21.6 Å². The fraction of sp³-hybridized carbons (Fsp3) is 0.409. The van der Waals surface area contributed by atoms with Crippen molar-refractivity contribution in [1.82, 2.24) is 5.32 Å². The normalized spacial score (nSPS) is 24.2. The Labute approximate surface area is 185 Å². The van der Waals surface area contributed by atoms with Crippen molar-refractivity contribution in [3.63, 3.8) is 0 Å². The van der Waals surface area contributed by atoms with Gasteiger partial charge in [0.15, 0.2) is 0 Å². The van der Waals surface area contributed by atoms with E-state index in [0.717, 1.165) is 11.8 Å². The summed E-state index contributed by atoms with van der Waals surface area (Å²) >= 11 is 0. The first-order chi connectivity index (χ1) is 15.2. The van der Waals surface area contributed by atoms with Gasteiger partial charge in [-0.3, -0.25) is 9.52 Å². The maximum atomic E-state index is 13.3. The number of aliphatic hydroxyl groups excluding tert-OH is 1. The molecule has 8 nitrogen and oxygen atoms in total. The Hall–Kier alpha value is -2.69. The number of ether oxygens (including phenoxy) is 2. The first-order valence-electron chi connectivity index (χ1n) is 10.3. The Morgan fingerprint density at radius 2 is 2.06 bits per heavy atom. The molecule has 4 rings (SSSR count). The van der Waals surface area contributed by atoms with Crippen LogP contribution in [0, 0.1) is 5.82 Å². The Morgan fingerprint density at radius 1 is 1.25 bits per heavy atom. The second kappa shape index (κ2) is 9.05. The minimum atomic E-state index is -3.43. The number of halogens is 1. The summed E-state index contributed by atoms with van der Waals surface area (Å²) in [4.78, 5) is 12.5. The zero-order valence-electron chi connectivity index (χ0n) is 17.5. The molecule has 1 amide bonds. The number of hydrogen-bond acceptors (Lipinski definition) is 6. The van der Waals surface area contributed by atoms with E-state index in [1.54, 1.807) is 30.3 Å². The fourth-order valence-corrected chi connectivity index (χ4v) is 4.85. The van der Waals surface area contributed by atoms with Crippen LogP contribution < -0.4 is 14.8 Å². The molecule has 0 radical (unpaired) electrons. The molecule has 3 N–H and O–H groups in total. The summed E-state index contributed by atoms with van der Waals surface area (Å²) in [5.41, 5.74) is 1.89. The van der Waals surface area contributed by atoms with Gasteiger partial charge in [-0.15, -0.1) is 0 Å². The number of rotatable bonds is 7. The lowest BCUT2D eigenvalue weighted by molar-refractivity contribution is -0.142. The molecular formula is C22H25FN2O6S. The molecule has 2 aromatic carbocycles. The van der Waals surface area contributed by atoms with Crippen LogP contribution in [0.2, 0.25) is 0 Å². The molecule has 0 unspecified atom stereocenters. The molecule has 32 heavy (non-hydrogen) atoms. The molecule has 2 aliphatic heterocycles. The van der Waals surface area contributed by atoms with Gasteiger partial charge in [-0.1, -0.05) is 12.1 Å². The number of amides is 1. The summed E-state index contributed by atoms with van der Waals surface area (Å²) in [6.45, 7) is -0.0731. The van der Waals surface area contributed by atoms with E-state index in [9.17, 15) is 22.7 Å². The maximum Gasteiger partial charge on any atom is 0.229 e. The summed E-state index contributed by atoms with van der Waals surface area (Å²) in [6.07, 6.45) is 0.134. The number of nitrogens with one attached hydrogen (secondary N) is 2. The lowest BCUT2D eigenvalue weighted by Gasteiger charge is -2.37. The molecule has 2 heterocycles. The molecule has 2 aromatic rings. The third-order valence-corrected chi connectivity index (χ3v) is 6.20. The van der Waals surface area contributed by atoms with E-state index in [1.807, 2.05) is 0 Å². The predicted octanol–water partition coefficient (Wildman–Crippen LogP) is 1.90. The fourth-order valence-electron chi connectivity index (χ4n) is 4.29. The Morgan fingerprint density at radius 3 is 2.78 bits per heavy atom. The Balaban J connectivity index is 1.44. The number of benzene rings is 2. The SMILES string of the molecule is CS(=O)(=O)Nc1ccc2c(c1)[C@@H]1C[C@@H](CC(=O)NCc3cccc(F)c3)O[C@@H](CO)[C@@H]1O2. The first-order valence-corrected chi connectivity index (χ1v) is 12.2. The standard InChI is InChI=1S/C22H25FN2O6S/c1-32(28,29)25-15-5-6-19-17(8-15)18-9-16(30-20(12-26)22(18)31-19)10-21(27)24-11-13-3-2-4-14(23)7-13/h2-8,16,18,20,22,25-26H,9-12H2,1H3,(H,24,27)/t16-,18-,20-,22+/m0/s1. The molecule has 1 fully saturated rings. The van der Waals surface area contributed by atoms with Crippen molar-refractivity contribution in [3.8, 4) is 5.75 Å². The number of fused-ring (bicyclic) bond motifs is 3. The second-order valence-electron chi connectivity index (χ2n) is 8.14. The van der Waals surface area contributed by atoms with Crippen molar-refractivity contribution in [2.24, 2.45) is 0 Å². The van der Waals surface area contributed by atoms with Crippen LogP contribution in [0.15, 0.2) is 42.5 Å². The van der Waals surface area contributed by atoms with Gasteiger partial charge < -0.3 is 19.9 Å². The minimum Gasteiger partial charge on any atom is -0.487 e. The van der Waals surface area contributed by atoms with E-state index in [2.05, 4.69) is 10.0 Å².